The van der Waals surface area contributed by atoms with Crippen molar-refractivity contribution in [1.29, 1.82) is 0 Å². The molecule has 1 aliphatic rings. The van der Waals surface area contributed by atoms with Gasteiger partial charge in [0.05, 0.1) is 17.2 Å². The van der Waals surface area contributed by atoms with Gasteiger partial charge in [-0.1, -0.05) is 42.5 Å². The summed E-state index contributed by atoms with van der Waals surface area (Å²) in [6.45, 7) is 0. The van der Waals surface area contributed by atoms with E-state index in [9.17, 15) is 13.2 Å². The van der Waals surface area contributed by atoms with Gasteiger partial charge in [0.25, 0.3) is 0 Å². The summed E-state index contributed by atoms with van der Waals surface area (Å²) in [5.41, 5.74) is 5.43. The summed E-state index contributed by atoms with van der Waals surface area (Å²) in [5.74, 6) is -0.574. The minimum Gasteiger partial charge on any atom is -0.302 e. The highest BCUT2D eigenvalue weighted by atomic mass is 32.2. The maximum absolute atomic E-state index is 12.3. The Morgan fingerprint density at radius 1 is 1.03 bits per heavy atom. The fourth-order valence-corrected chi connectivity index (χ4v) is 5.76. The summed E-state index contributed by atoms with van der Waals surface area (Å²) in [5, 5.41) is 5.15. The summed E-state index contributed by atoms with van der Waals surface area (Å²) >= 11 is 1.35. The van der Waals surface area contributed by atoms with Crippen molar-refractivity contribution in [2.45, 2.75) is 37.9 Å². The van der Waals surface area contributed by atoms with Crippen LogP contribution in [0.25, 0.3) is 11.3 Å². The zero-order valence-corrected chi connectivity index (χ0v) is 18.3. The number of aryl methyl sites for hydroxylation is 2. The van der Waals surface area contributed by atoms with Crippen molar-refractivity contribution in [3.8, 4) is 11.3 Å². The number of nitrogens with one attached hydrogen (secondary N) is 1. The molecule has 0 saturated carbocycles. The summed E-state index contributed by atoms with van der Waals surface area (Å²) in [4.78, 5) is 16.8. The minimum absolute atomic E-state index is 0.0547. The van der Waals surface area contributed by atoms with Gasteiger partial charge in [-0.05, 0) is 48.4 Å². The molecule has 1 N–H and O–H groups in total. The number of benzene rings is 2. The Hall–Kier alpha value is -2.51. The van der Waals surface area contributed by atoms with E-state index in [2.05, 4.69) is 28.5 Å². The first kappa shape index (κ1) is 20.8. The van der Waals surface area contributed by atoms with Gasteiger partial charge in [-0.25, -0.2) is 13.4 Å². The number of amides is 1. The van der Waals surface area contributed by atoms with Crippen molar-refractivity contribution < 1.29 is 13.2 Å². The molecule has 156 valence electrons. The first-order valence-electron chi connectivity index (χ1n) is 10.1. The van der Waals surface area contributed by atoms with Crippen LogP contribution < -0.4 is 5.32 Å². The molecule has 1 aromatic heterocycles. The molecule has 0 bridgehead atoms. The van der Waals surface area contributed by atoms with E-state index in [1.807, 2.05) is 11.4 Å². The molecule has 0 fully saturated rings. The summed E-state index contributed by atoms with van der Waals surface area (Å²) in [7, 11) is -3.35. The number of anilines is 1. The van der Waals surface area contributed by atoms with Crippen LogP contribution in [0, 0.1) is 0 Å². The van der Waals surface area contributed by atoms with Crippen LogP contribution in [0.15, 0.2) is 53.9 Å². The number of carbonyl (C=O) groups excluding carboxylic acids is 1. The summed E-state index contributed by atoms with van der Waals surface area (Å²) in [6, 6.07) is 15.5. The lowest BCUT2D eigenvalue weighted by Crippen LogP contribution is -2.18. The van der Waals surface area contributed by atoms with Crippen molar-refractivity contribution in [3.63, 3.8) is 0 Å². The van der Waals surface area contributed by atoms with Gasteiger partial charge in [-0.3, -0.25) is 4.79 Å². The maximum Gasteiger partial charge on any atom is 0.227 e. The molecule has 1 aliphatic carbocycles. The lowest BCUT2D eigenvalue weighted by Gasteiger charge is -2.16. The third-order valence-electron chi connectivity index (χ3n) is 5.26. The molecule has 0 saturated heterocycles. The molecule has 5 nitrogen and oxygen atoms in total. The molecule has 7 heteroatoms. The number of aromatic nitrogens is 1. The van der Waals surface area contributed by atoms with E-state index in [-0.39, 0.29) is 23.8 Å². The third kappa shape index (κ3) is 5.34. The standard InChI is InChI=1S/C23H24N2O3S2/c26-22(12-13-30(27,28)16-17-6-2-1-3-7-17)25-23-24-21(15-29-23)20-11-10-18-8-4-5-9-19(18)14-20/h1-3,6-7,10-11,14-15H,4-5,8-9,12-13,16H2,(H,24,25,26). The SMILES string of the molecule is O=C(CCS(=O)(=O)Cc1ccccc1)Nc1nc(-c2ccc3c(c2)CCCC3)cs1. The first-order valence-corrected chi connectivity index (χ1v) is 12.8. The molecule has 0 atom stereocenters. The Balaban J connectivity index is 1.34. The highest BCUT2D eigenvalue weighted by Gasteiger charge is 2.16. The normalized spacial score (nSPS) is 13.6. The molecule has 0 spiro atoms. The second-order valence-corrected chi connectivity index (χ2v) is 10.6. The van der Waals surface area contributed by atoms with Crippen molar-refractivity contribution in [2.75, 3.05) is 11.1 Å². The van der Waals surface area contributed by atoms with Crippen LogP contribution >= 0.6 is 11.3 Å². The first-order chi connectivity index (χ1) is 14.5. The number of fused-ring (bicyclic) bond motifs is 1. The largest absolute Gasteiger partial charge is 0.302 e. The number of hydrogen-bond donors (Lipinski definition) is 1. The molecule has 3 aromatic rings. The Bertz CT molecular complexity index is 1140. The van der Waals surface area contributed by atoms with Gasteiger partial charge in [0.2, 0.25) is 5.91 Å². The third-order valence-corrected chi connectivity index (χ3v) is 7.62. The molecule has 0 radical (unpaired) electrons. The van der Waals surface area contributed by atoms with E-state index < -0.39 is 9.84 Å². The fourth-order valence-electron chi connectivity index (χ4n) is 3.69. The average Bonchev–Trinajstić information content (AvgIpc) is 3.21. The van der Waals surface area contributed by atoms with Gasteiger partial charge in [0.1, 0.15) is 0 Å². The minimum atomic E-state index is -3.35. The van der Waals surface area contributed by atoms with E-state index in [0.717, 1.165) is 29.7 Å². The van der Waals surface area contributed by atoms with E-state index in [0.29, 0.717) is 5.13 Å². The second kappa shape index (κ2) is 9.10. The Labute approximate surface area is 181 Å². The predicted octanol–water partition coefficient (Wildman–Crippen LogP) is 4.63. The second-order valence-electron chi connectivity index (χ2n) is 7.60. The van der Waals surface area contributed by atoms with Crippen LogP contribution in [0.2, 0.25) is 0 Å². The highest BCUT2D eigenvalue weighted by Crippen LogP contribution is 2.29. The molecular weight excluding hydrogens is 416 g/mol. The molecule has 1 heterocycles. The number of rotatable bonds is 7. The number of hydrogen-bond acceptors (Lipinski definition) is 5. The van der Waals surface area contributed by atoms with Crippen LogP contribution in [0.4, 0.5) is 5.13 Å². The van der Waals surface area contributed by atoms with Crippen LogP contribution in [0.5, 0.6) is 0 Å². The van der Waals surface area contributed by atoms with Crippen LogP contribution in [0.1, 0.15) is 36.0 Å². The topological polar surface area (TPSA) is 76.1 Å². The zero-order chi connectivity index (χ0) is 21.0. The maximum atomic E-state index is 12.3. The molecule has 2 aromatic carbocycles. The number of sulfone groups is 1. The molecule has 4 rings (SSSR count). The van der Waals surface area contributed by atoms with E-state index in [4.69, 9.17) is 0 Å². The molecule has 1 amide bonds. The van der Waals surface area contributed by atoms with Gasteiger partial charge < -0.3 is 5.32 Å². The van der Waals surface area contributed by atoms with Crippen LogP contribution in [-0.4, -0.2) is 25.1 Å². The van der Waals surface area contributed by atoms with Gasteiger partial charge >= 0.3 is 0 Å². The average molecular weight is 441 g/mol. The van der Waals surface area contributed by atoms with Crippen molar-refractivity contribution in [2.24, 2.45) is 0 Å². The quantitative estimate of drug-likeness (QED) is 0.581. The van der Waals surface area contributed by atoms with Gasteiger partial charge in [0, 0.05) is 17.4 Å². The molecular formula is C23H24N2O3S2. The van der Waals surface area contributed by atoms with Gasteiger partial charge in [-0.2, -0.15) is 0 Å². The summed E-state index contributed by atoms with van der Waals surface area (Å²) < 4.78 is 24.5. The lowest BCUT2D eigenvalue weighted by atomic mass is 9.90. The zero-order valence-electron chi connectivity index (χ0n) is 16.6. The smallest absolute Gasteiger partial charge is 0.227 e. The van der Waals surface area contributed by atoms with Gasteiger partial charge in [-0.15, -0.1) is 11.3 Å². The van der Waals surface area contributed by atoms with E-state index >= 15 is 0 Å². The molecule has 0 aliphatic heterocycles. The Kier molecular flexibility index (Phi) is 6.29. The lowest BCUT2D eigenvalue weighted by molar-refractivity contribution is -0.115. The Morgan fingerprint density at radius 3 is 2.60 bits per heavy atom. The van der Waals surface area contributed by atoms with Crippen molar-refractivity contribution in [1.82, 2.24) is 4.98 Å². The monoisotopic (exact) mass is 440 g/mol. The van der Waals surface area contributed by atoms with Crippen LogP contribution in [0.3, 0.4) is 0 Å². The Morgan fingerprint density at radius 2 is 1.80 bits per heavy atom. The van der Waals surface area contributed by atoms with Gasteiger partial charge in [0.15, 0.2) is 15.0 Å². The predicted molar refractivity (Wildman–Crippen MR) is 121 cm³/mol. The number of carbonyl (C=O) groups is 1. The van der Waals surface area contributed by atoms with Crippen molar-refractivity contribution in [3.05, 3.63) is 70.6 Å². The van der Waals surface area contributed by atoms with Crippen molar-refractivity contribution >= 4 is 32.2 Å². The number of thiazole rings is 1. The molecule has 0 unspecified atom stereocenters. The van der Waals surface area contributed by atoms with E-state index in [1.54, 1.807) is 24.3 Å². The van der Waals surface area contributed by atoms with Crippen LogP contribution in [-0.2, 0) is 33.2 Å². The highest BCUT2D eigenvalue weighted by molar-refractivity contribution is 7.90. The van der Waals surface area contributed by atoms with E-state index in [1.165, 1.54) is 35.3 Å². The molecule has 30 heavy (non-hydrogen) atoms. The summed E-state index contributed by atoms with van der Waals surface area (Å²) in [6.07, 6.45) is 4.64. The number of nitrogens with zero attached hydrogens (tertiary/aromatic N) is 1. The fraction of sp³-hybridized carbons (Fsp3) is 0.304.